The molecule has 1 aliphatic rings. The summed E-state index contributed by atoms with van der Waals surface area (Å²) in [4.78, 5) is 0. The van der Waals surface area contributed by atoms with Gasteiger partial charge in [-0.15, -0.1) is 0 Å². The van der Waals surface area contributed by atoms with E-state index in [4.69, 9.17) is 0 Å². The van der Waals surface area contributed by atoms with Gasteiger partial charge in [0, 0.05) is 17.5 Å². The van der Waals surface area contributed by atoms with Crippen molar-refractivity contribution in [3.8, 4) is 0 Å². The molecule has 0 aromatic rings. The molecule has 1 saturated heterocycles. The van der Waals surface area contributed by atoms with Crippen LogP contribution in [0.4, 0.5) is 57.1 Å². The summed E-state index contributed by atoms with van der Waals surface area (Å²) in [5, 5.41) is 0. The van der Waals surface area contributed by atoms with Gasteiger partial charge < -0.3 is 4.74 Å². The average Bonchev–Trinajstić information content (AvgIpc) is 2.91. The van der Waals surface area contributed by atoms with E-state index in [0.717, 1.165) is 0 Å². The summed E-state index contributed by atoms with van der Waals surface area (Å²) < 4.78 is 173. The van der Waals surface area contributed by atoms with E-state index in [1.807, 2.05) is 0 Å². The summed E-state index contributed by atoms with van der Waals surface area (Å²) in [6.45, 7) is -0.853. The van der Waals surface area contributed by atoms with Crippen molar-refractivity contribution in [2.45, 2.75) is 42.2 Å². The van der Waals surface area contributed by atoms with Crippen molar-refractivity contribution < 1.29 is 61.8 Å². The Bertz CT molecular complexity index is 530. The van der Waals surface area contributed by atoms with Crippen LogP contribution >= 0.6 is 22.6 Å². The van der Waals surface area contributed by atoms with Crippen molar-refractivity contribution in [1.29, 1.82) is 0 Å². The number of hydrogen-bond acceptors (Lipinski definition) is 1. The van der Waals surface area contributed by atoms with Gasteiger partial charge in [-0.05, 0) is 11.8 Å². The van der Waals surface area contributed by atoms with E-state index >= 15 is 0 Å². The predicted octanol–water partition coefficient (Wildman–Crippen LogP) is 5.81. The molecule has 0 amide bonds. The van der Waals surface area contributed by atoms with Crippen molar-refractivity contribution in [2.24, 2.45) is 11.8 Å². The Kier molecular flexibility index (Phi) is 6.65. The normalized spacial score (nSPS) is 23.8. The minimum atomic E-state index is -7.85. The first-order valence-corrected chi connectivity index (χ1v) is 8.40. The maximum Gasteiger partial charge on any atom is 0.460 e. The van der Waals surface area contributed by atoms with Crippen LogP contribution in [0.3, 0.4) is 0 Å². The molecule has 1 fully saturated rings. The van der Waals surface area contributed by atoms with Crippen molar-refractivity contribution in [1.82, 2.24) is 0 Å². The van der Waals surface area contributed by atoms with Crippen LogP contribution in [0.15, 0.2) is 0 Å². The molecular weight excluding hydrogens is 534 g/mol. The summed E-state index contributed by atoms with van der Waals surface area (Å²) in [7, 11) is 0. The third kappa shape index (κ3) is 3.82. The highest BCUT2D eigenvalue weighted by molar-refractivity contribution is 14.1. The zero-order chi connectivity index (χ0) is 21.7. The lowest BCUT2D eigenvalue weighted by molar-refractivity contribution is -0.440. The van der Waals surface area contributed by atoms with Gasteiger partial charge in [-0.3, -0.25) is 0 Å². The fourth-order valence-corrected chi connectivity index (χ4v) is 3.27. The number of halogens is 14. The molecule has 0 aromatic heterocycles. The molecule has 0 spiro atoms. The van der Waals surface area contributed by atoms with E-state index < -0.39 is 60.7 Å². The number of ether oxygens (including phenoxy) is 1. The van der Waals surface area contributed by atoms with Gasteiger partial charge >= 0.3 is 35.8 Å². The van der Waals surface area contributed by atoms with Gasteiger partial charge in [0.05, 0.1) is 6.61 Å². The third-order valence-electron chi connectivity index (χ3n) is 4.05. The molecule has 27 heavy (non-hydrogen) atoms. The molecule has 1 rings (SSSR count). The Morgan fingerprint density at radius 2 is 1.04 bits per heavy atom. The zero-order valence-electron chi connectivity index (χ0n) is 12.7. The summed E-state index contributed by atoms with van der Waals surface area (Å²) in [5.74, 6) is -38.9. The molecule has 15 heteroatoms. The SMILES string of the molecule is FC(F)(F)C(F)(F)C(F)(F)C(F)(F)C(F)(F)C(F)(F)C[C@@H]1COC[C@H]1CI. The highest BCUT2D eigenvalue weighted by Gasteiger charge is 2.90. The molecule has 0 aliphatic carbocycles. The van der Waals surface area contributed by atoms with Gasteiger partial charge in [-0.1, -0.05) is 22.6 Å². The standard InChI is InChI=1S/C12H10F13IO/c13-7(14,1-5-3-27-4-6(5)2-26)8(15,16)9(17,18)10(19,20)11(21,22)12(23,24)25/h5-6H,1-4H2/t5-,6-/m1/s1. The van der Waals surface area contributed by atoms with E-state index in [-0.39, 0.29) is 11.0 Å². The summed E-state index contributed by atoms with van der Waals surface area (Å²) in [5.41, 5.74) is 0. The fourth-order valence-electron chi connectivity index (χ4n) is 2.30. The Hall–Kier alpha value is -0.220. The van der Waals surface area contributed by atoms with E-state index in [1.165, 1.54) is 0 Å². The van der Waals surface area contributed by atoms with Crippen LogP contribution in [-0.4, -0.2) is 53.4 Å². The molecule has 0 N–H and O–H groups in total. The van der Waals surface area contributed by atoms with Crippen molar-refractivity contribution in [3.05, 3.63) is 0 Å². The lowest BCUT2D eigenvalue weighted by Gasteiger charge is -2.40. The van der Waals surface area contributed by atoms with Gasteiger partial charge in [-0.2, -0.15) is 57.1 Å². The van der Waals surface area contributed by atoms with E-state index in [9.17, 15) is 57.1 Å². The fraction of sp³-hybridized carbons (Fsp3) is 1.00. The molecule has 0 saturated carbocycles. The predicted molar refractivity (Wildman–Crippen MR) is 72.1 cm³/mol. The van der Waals surface area contributed by atoms with Gasteiger partial charge in [0.2, 0.25) is 0 Å². The first-order chi connectivity index (χ1) is 11.8. The summed E-state index contributed by atoms with van der Waals surface area (Å²) in [6.07, 6.45) is -9.56. The maximum atomic E-state index is 13.7. The molecule has 1 nitrogen and oxygen atoms in total. The maximum absolute atomic E-state index is 13.7. The second-order valence-electron chi connectivity index (χ2n) is 5.92. The van der Waals surface area contributed by atoms with Crippen LogP contribution in [0.2, 0.25) is 0 Å². The quantitative estimate of drug-likeness (QED) is 0.224. The van der Waals surface area contributed by atoms with Crippen LogP contribution in [0.25, 0.3) is 0 Å². The summed E-state index contributed by atoms with van der Waals surface area (Å²) in [6, 6.07) is 0. The van der Waals surface area contributed by atoms with Gasteiger partial charge in [0.15, 0.2) is 0 Å². The highest BCUT2D eigenvalue weighted by Crippen LogP contribution is 2.61. The molecule has 0 radical (unpaired) electrons. The molecular formula is C12H10F13IO. The van der Waals surface area contributed by atoms with Crippen molar-refractivity contribution in [2.75, 3.05) is 17.6 Å². The van der Waals surface area contributed by atoms with Crippen molar-refractivity contribution >= 4 is 22.6 Å². The van der Waals surface area contributed by atoms with Crippen LogP contribution in [0.5, 0.6) is 0 Å². The smallest absolute Gasteiger partial charge is 0.381 e. The Balaban J connectivity index is 3.29. The minimum Gasteiger partial charge on any atom is -0.381 e. The highest BCUT2D eigenvalue weighted by atomic mass is 127. The number of hydrogen-bond donors (Lipinski definition) is 0. The van der Waals surface area contributed by atoms with E-state index in [2.05, 4.69) is 4.74 Å². The van der Waals surface area contributed by atoms with E-state index in [1.54, 1.807) is 22.6 Å². The molecule has 1 aliphatic heterocycles. The van der Waals surface area contributed by atoms with E-state index in [0.29, 0.717) is 0 Å². The molecule has 1 heterocycles. The van der Waals surface area contributed by atoms with Crippen LogP contribution in [0, 0.1) is 11.8 Å². The third-order valence-corrected chi connectivity index (χ3v) is 5.18. The first-order valence-electron chi connectivity index (χ1n) is 6.87. The molecule has 162 valence electrons. The van der Waals surface area contributed by atoms with Crippen LogP contribution < -0.4 is 0 Å². The van der Waals surface area contributed by atoms with Gasteiger partial charge in [0.25, 0.3) is 0 Å². The molecule has 0 aromatic carbocycles. The second kappa shape index (κ2) is 7.23. The minimum absolute atomic E-state index is 0.0305. The van der Waals surface area contributed by atoms with Crippen molar-refractivity contribution in [3.63, 3.8) is 0 Å². The summed E-state index contributed by atoms with van der Waals surface area (Å²) >= 11 is 1.62. The first kappa shape index (κ1) is 24.8. The molecule has 0 unspecified atom stereocenters. The largest absolute Gasteiger partial charge is 0.460 e. The molecule has 2 atom stereocenters. The Morgan fingerprint density at radius 3 is 1.44 bits per heavy atom. The number of alkyl halides is 14. The Labute approximate surface area is 156 Å². The van der Waals surface area contributed by atoms with Gasteiger partial charge in [-0.25, -0.2) is 0 Å². The monoisotopic (exact) mass is 544 g/mol. The van der Waals surface area contributed by atoms with Gasteiger partial charge in [0.1, 0.15) is 0 Å². The molecule has 0 bridgehead atoms. The lowest BCUT2D eigenvalue weighted by atomic mass is 9.85. The average molecular weight is 544 g/mol. The number of rotatable bonds is 7. The lowest BCUT2D eigenvalue weighted by Crippen LogP contribution is -2.70. The zero-order valence-corrected chi connectivity index (χ0v) is 14.8. The van der Waals surface area contributed by atoms with Crippen LogP contribution in [0.1, 0.15) is 6.42 Å². The topological polar surface area (TPSA) is 9.23 Å². The second-order valence-corrected chi connectivity index (χ2v) is 6.80. The Morgan fingerprint density at radius 1 is 0.630 bits per heavy atom. The van der Waals surface area contributed by atoms with Crippen LogP contribution in [-0.2, 0) is 4.74 Å².